The number of carbonyl (C=O) groups is 3. The minimum Gasteiger partial charge on any atom is -0.464 e. The Morgan fingerprint density at radius 2 is 1.79 bits per heavy atom. The van der Waals surface area contributed by atoms with Crippen molar-refractivity contribution < 1.29 is 28.6 Å². The summed E-state index contributed by atoms with van der Waals surface area (Å²) in [4.78, 5) is 59.0. The van der Waals surface area contributed by atoms with Crippen molar-refractivity contribution in [2.45, 2.75) is 90.8 Å². The van der Waals surface area contributed by atoms with Crippen LogP contribution in [-0.2, 0) is 36.8 Å². The first-order chi connectivity index (χ1) is 30.3. The second-order valence-corrected chi connectivity index (χ2v) is 19.0. The van der Waals surface area contributed by atoms with Crippen LogP contribution in [0.15, 0.2) is 35.8 Å². The van der Waals surface area contributed by atoms with E-state index in [2.05, 4.69) is 82.5 Å². The zero-order valence-corrected chi connectivity index (χ0v) is 44.8. The van der Waals surface area contributed by atoms with Crippen LogP contribution in [-0.4, -0.2) is 146 Å². The highest BCUT2D eigenvalue weighted by molar-refractivity contribution is 7.59. The molecule has 16 nitrogen and oxygen atoms in total. The lowest BCUT2D eigenvalue weighted by molar-refractivity contribution is -0.156. The van der Waals surface area contributed by atoms with E-state index in [4.69, 9.17) is 24.2 Å². The van der Waals surface area contributed by atoms with Crippen LogP contribution in [0.2, 0.25) is 0 Å². The van der Waals surface area contributed by atoms with Crippen molar-refractivity contribution in [2.75, 3.05) is 85.1 Å². The quantitative estimate of drug-likeness (QED) is 0.183. The molecule has 7 heterocycles. The van der Waals surface area contributed by atoms with Crippen LogP contribution in [0.3, 0.4) is 0 Å². The van der Waals surface area contributed by atoms with E-state index in [1.54, 1.807) is 12.0 Å². The molecule has 4 aromatic rings. The number of pyridine rings is 1. The number of urea groups is 1. The Hall–Kier alpha value is -3.25. The third-order valence-corrected chi connectivity index (χ3v) is 14.0. The zero-order chi connectivity index (χ0) is 44.6. The van der Waals surface area contributed by atoms with Gasteiger partial charge in [0.25, 0.3) is 5.91 Å². The number of piperazine rings is 1. The molecule has 0 aliphatic carbocycles. The maximum Gasteiger partial charge on any atom is 0.324 e. The number of anilines is 1. The summed E-state index contributed by atoms with van der Waals surface area (Å²) in [5.41, 5.74) is 10.6. The van der Waals surface area contributed by atoms with Gasteiger partial charge in [-0.3, -0.25) is 19.6 Å². The lowest BCUT2D eigenvalue weighted by Crippen LogP contribution is -2.65. The van der Waals surface area contributed by atoms with Crippen LogP contribution >= 0.6 is 65.3 Å². The number of likely N-dealkylation sites (tertiary alicyclic amines) is 1. The number of likely N-dealkylation sites (N-methyl/N-ethyl adjacent to an activating group) is 2. The first-order valence-corrected chi connectivity index (χ1v) is 23.4. The Kier molecular flexibility index (Phi) is 20.2. The molecule has 3 aromatic heterocycles. The average Bonchev–Trinajstić information content (AvgIpc) is 3.88. The van der Waals surface area contributed by atoms with E-state index in [1.165, 1.54) is 16.3 Å². The highest BCUT2D eigenvalue weighted by Crippen LogP contribution is 2.43. The monoisotopic (exact) mass is 1020 g/mol. The molecule has 6 bridgehead atoms. The predicted octanol–water partition coefficient (Wildman–Crippen LogP) is 5.44. The third kappa shape index (κ3) is 11.9. The number of rotatable bonds is 9. The summed E-state index contributed by atoms with van der Waals surface area (Å²) in [5.74, 6) is -0.832. The maximum absolute atomic E-state index is 14.6. The molecule has 0 unspecified atom stereocenters. The van der Waals surface area contributed by atoms with Crippen LogP contribution in [0, 0.1) is 5.41 Å². The van der Waals surface area contributed by atoms with E-state index in [1.807, 2.05) is 32.5 Å². The number of hydrogen-bond donors (Lipinski definition) is 3. The Bertz CT molecular complexity index is 2320. The number of methoxy groups -OCH3 is 1. The Balaban J connectivity index is 0.00000245. The highest BCUT2D eigenvalue weighted by Gasteiger charge is 2.42. The molecule has 0 saturated carbocycles. The van der Waals surface area contributed by atoms with Gasteiger partial charge in [0.1, 0.15) is 23.2 Å². The molecule has 4 atom stereocenters. The van der Waals surface area contributed by atoms with Gasteiger partial charge in [-0.25, -0.2) is 15.2 Å². The van der Waals surface area contributed by atoms with Gasteiger partial charge in [0, 0.05) is 105 Å². The fourth-order valence-corrected chi connectivity index (χ4v) is 10.2. The molecule has 3 N–H and O–H groups in total. The minimum atomic E-state index is -1.13. The van der Waals surface area contributed by atoms with Gasteiger partial charge in [0.2, 0.25) is 0 Å². The van der Waals surface area contributed by atoms with Gasteiger partial charge >= 0.3 is 12.0 Å². The largest absolute Gasteiger partial charge is 0.464 e. The number of nitrogens with zero attached hydrogens (tertiary/aromatic N) is 7. The number of cyclic esters (lactones) is 1. The third-order valence-electron chi connectivity index (χ3n) is 13.1. The maximum atomic E-state index is 14.6. The molecule has 4 aliphatic heterocycles. The predicted molar refractivity (Wildman–Crippen MR) is 286 cm³/mol. The standard InChI is InChI=1S/C46H64N10O6S.4H2S/c1-9-55-37-14-13-29-20-32(37)34(40(55)33-21-31(23-48-38(33)28(3)60-8)53-18-16-52(7)17-19-53)22-46(4,5)27-62-44(58)35-12-11-15-56(51-35)43(57)39(50-45(59)54-24-30(25-54)47-6)41(61-10-2)42-49-36(29)26-63-42;;;;/h13-14,20-21,23,26,28,30,35,39,41,47,51H,9-12,15-19,22,24-25,27H2,1-8H3,(H,50,59);4*1H2/t28-,35-,39-,41-;;;;/m0..../s1. The first kappa shape index (κ1) is 56.3. The highest BCUT2D eigenvalue weighted by atomic mass is 32.1. The topological polar surface area (TPSA) is 159 Å². The van der Waals surface area contributed by atoms with Crippen LogP contribution in [0.5, 0.6) is 0 Å². The van der Waals surface area contributed by atoms with Gasteiger partial charge < -0.3 is 44.1 Å². The van der Waals surface area contributed by atoms with Gasteiger partial charge in [-0.05, 0) is 77.9 Å². The number of aryl methyl sites for hydroxylation is 1. The number of ether oxygens (including phenoxy) is 3. The summed E-state index contributed by atoms with van der Waals surface area (Å²) < 4.78 is 20.9. The van der Waals surface area contributed by atoms with Crippen molar-refractivity contribution in [2.24, 2.45) is 5.41 Å². The summed E-state index contributed by atoms with van der Waals surface area (Å²) in [5, 5.41) is 11.3. The molecule has 67 heavy (non-hydrogen) atoms. The van der Waals surface area contributed by atoms with Crippen LogP contribution in [0.4, 0.5) is 10.5 Å². The Morgan fingerprint density at radius 1 is 1.06 bits per heavy atom. The van der Waals surface area contributed by atoms with Gasteiger partial charge in [0.15, 0.2) is 0 Å². The van der Waals surface area contributed by atoms with Crippen LogP contribution in [0.25, 0.3) is 33.4 Å². The van der Waals surface area contributed by atoms with Crippen molar-refractivity contribution in [3.05, 3.63) is 52.1 Å². The van der Waals surface area contributed by atoms with Crippen LogP contribution < -0.4 is 21.0 Å². The second-order valence-electron chi connectivity index (χ2n) is 18.1. The number of aromatic nitrogens is 3. The summed E-state index contributed by atoms with van der Waals surface area (Å²) in [6, 6.07) is 6.72. The van der Waals surface area contributed by atoms with E-state index in [9.17, 15) is 14.4 Å². The van der Waals surface area contributed by atoms with Gasteiger partial charge in [-0.15, -0.1) is 11.3 Å². The van der Waals surface area contributed by atoms with Gasteiger partial charge in [-0.2, -0.15) is 54.0 Å². The van der Waals surface area contributed by atoms with Crippen LogP contribution in [0.1, 0.15) is 75.9 Å². The fourth-order valence-electron chi connectivity index (χ4n) is 9.26. The molecular weight excluding hydrogens is 949 g/mol. The Morgan fingerprint density at radius 3 is 2.46 bits per heavy atom. The van der Waals surface area contributed by atoms with Crippen molar-refractivity contribution in [3.8, 4) is 22.5 Å². The average molecular weight is 1020 g/mol. The molecule has 8 rings (SSSR count). The fraction of sp³-hybridized carbons (Fsp3) is 0.587. The summed E-state index contributed by atoms with van der Waals surface area (Å²) in [6.07, 6.45) is 2.48. The number of amides is 3. The SMILES string of the molecule is CCO[C@@H]1c2nc(cs2)-c2ccc3c(c2)c(c(-c2cc(N4CCN(C)CC4)cnc2[C@H](C)OC)n3CC)CC(C)(C)COC(=O)[C@@H]2CCCN(N2)C(=O)[C@H]1NC(=O)N1CC(NC)C1.S.S.S.S. The first-order valence-electron chi connectivity index (χ1n) is 22.5. The molecule has 372 valence electrons. The summed E-state index contributed by atoms with van der Waals surface area (Å²) in [7, 11) is 5.75. The summed E-state index contributed by atoms with van der Waals surface area (Å²) in [6.45, 7) is 16.6. The molecule has 1 aromatic carbocycles. The molecule has 21 heteroatoms. The summed E-state index contributed by atoms with van der Waals surface area (Å²) >= 11 is 1.40. The minimum absolute atomic E-state index is 0. The van der Waals surface area contributed by atoms with Crippen molar-refractivity contribution in [1.82, 2.24) is 45.4 Å². The van der Waals surface area contributed by atoms with E-state index in [0.29, 0.717) is 50.4 Å². The van der Waals surface area contributed by atoms with Crippen molar-refractivity contribution in [3.63, 3.8) is 0 Å². The molecule has 3 saturated heterocycles. The molecule has 3 amide bonds. The molecule has 4 aliphatic rings. The lowest BCUT2D eigenvalue weighted by Gasteiger charge is -2.41. The Labute approximate surface area is 427 Å². The molecular formula is C46H72N10O6S5. The number of hydrazine groups is 1. The number of esters is 1. The number of fused-ring (bicyclic) bond motifs is 6. The van der Waals surface area contributed by atoms with E-state index in [-0.39, 0.29) is 85.4 Å². The van der Waals surface area contributed by atoms with Gasteiger partial charge in [0.05, 0.1) is 41.7 Å². The number of carbonyl (C=O) groups excluding carboxylic acids is 3. The van der Waals surface area contributed by atoms with E-state index in [0.717, 1.165) is 76.5 Å². The van der Waals surface area contributed by atoms with Crippen molar-refractivity contribution >= 4 is 99.8 Å². The molecule has 3 fully saturated rings. The molecule has 0 spiro atoms. The van der Waals surface area contributed by atoms with E-state index >= 15 is 0 Å². The number of hydrogen-bond acceptors (Lipinski definition) is 13. The zero-order valence-electron chi connectivity index (χ0n) is 40.0. The number of benzene rings is 1. The number of nitrogens with one attached hydrogen (secondary N) is 3. The van der Waals surface area contributed by atoms with E-state index < -0.39 is 35.5 Å². The lowest BCUT2D eigenvalue weighted by atomic mass is 9.84. The van der Waals surface area contributed by atoms with Gasteiger partial charge in [-0.1, -0.05) is 19.9 Å². The normalized spacial score (nSPS) is 21.7. The smallest absolute Gasteiger partial charge is 0.324 e. The molecule has 0 radical (unpaired) electrons. The second kappa shape index (κ2) is 24.0. The number of thiazole rings is 1. The van der Waals surface area contributed by atoms with Crippen molar-refractivity contribution in [1.29, 1.82) is 0 Å².